The summed E-state index contributed by atoms with van der Waals surface area (Å²) in [5.41, 5.74) is 14.2. The number of benzene rings is 2. The number of rotatable bonds is 8. The van der Waals surface area contributed by atoms with Gasteiger partial charge < -0.3 is 0 Å². The summed E-state index contributed by atoms with van der Waals surface area (Å²) >= 11 is 0. The van der Waals surface area contributed by atoms with E-state index in [0.29, 0.717) is 11.8 Å². The maximum atomic E-state index is 5.04. The second kappa shape index (κ2) is 10.4. The molecule has 0 aliphatic heterocycles. The quantitative estimate of drug-likeness (QED) is 0.275. The molecular formula is C43H58. The Labute approximate surface area is 263 Å². The summed E-state index contributed by atoms with van der Waals surface area (Å²) in [6.07, 6.45) is 14.1. The van der Waals surface area contributed by atoms with Gasteiger partial charge in [0.05, 0.1) is 0 Å². The van der Waals surface area contributed by atoms with Crippen LogP contribution in [0.1, 0.15) is 149 Å². The maximum absolute atomic E-state index is 5.04. The fraction of sp³-hybridized carbons (Fsp3) is 0.581. The Morgan fingerprint density at radius 3 is 1.81 bits per heavy atom. The van der Waals surface area contributed by atoms with Crippen molar-refractivity contribution in [3.8, 4) is 0 Å². The average Bonchev–Trinajstić information content (AvgIpc) is 3.42. The monoisotopic (exact) mass is 574 g/mol. The minimum atomic E-state index is -0.0557. The first-order valence-corrected chi connectivity index (χ1v) is 18.0. The van der Waals surface area contributed by atoms with Gasteiger partial charge in [-0.1, -0.05) is 133 Å². The number of fused-ring (bicyclic) bond motifs is 6. The highest BCUT2D eigenvalue weighted by Crippen LogP contribution is 2.73. The molecule has 4 aliphatic carbocycles. The van der Waals surface area contributed by atoms with E-state index in [-0.39, 0.29) is 21.7 Å². The molecule has 43 heavy (non-hydrogen) atoms. The van der Waals surface area contributed by atoms with Gasteiger partial charge in [-0.3, -0.25) is 0 Å². The van der Waals surface area contributed by atoms with Crippen LogP contribution in [0.15, 0.2) is 71.4 Å². The van der Waals surface area contributed by atoms with Crippen molar-refractivity contribution in [2.45, 2.75) is 148 Å². The van der Waals surface area contributed by atoms with Crippen molar-refractivity contribution in [3.05, 3.63) is 93.6 Å². The van der Waals surface area contributed by atoms with Gasteiger partial charge in [0.1, 0.15) is 0 Å². The van der Waals surface area contributed by atoms with Gasteiger partial charge in [0, 0.05) is 21.7 Å². The van der Waals surface area contributed by atoms with E-state index in [4.69, 9.17) is 13.2 Å². The minimum absolute atomic E-state index is 0.0119. The third kappa shape index (κ3) is 3.20. The Hall–Kier alpha value is -2.34. The Morgan fingerprint density at radius 1 is 0.744 bits per heavy atom. The number of hydrogen-bond donors (Lipinski definition) is 0. The van der Waals surface area contributed by atoms with Crippen LogP contribution in [0, 0.1) is 11.8 Å². The standard InChI is InChI=1S/C43H58/c1-12-19-20-32-31(15-4)25-28(9)41(16-5)34-23-24-35-39-36(22-21-33(38(34)39)40(32,41)11)43(18-7)37(27(8)13-2)26-30(14-3)29(10)42(35,43)17-6/h20-24,30-31H,9-10,12-19,25-26H2,1-8,11H3. The molecule has 0 bridgehead atoms. The summed E-state index contributed by atoms with van der Waals surface area (Å²) in [4.78, 5) is 0. The van der Waals surface area contributed by atoms with Crippen LogP contribution >= 0.6 is 0 Å². The largest absolute Gasteiger partial charge is 0.0989 e. The zero-order valence-electron chi connectivity index (χ0n) is 29.0. The molecule has 0 saturated heterocycles. The van der Waals surface area contributed by atoms with Crippen molar-refractivity contribution >= 4 is 10.8 Å². The summed E-state index contributed by atoms with van der Waals surface area (Å²) in [7, 11) is 0. The number of unbranched alkanes of at least 4 members (excludes halogenated alkanes) is 1. The summed E-state index contributed by atoms with van der Waals surface area (Å²) in [5.74, 6) is 1.12. The van der Waals surface area contributed by atoms with E-state index in [1.165, 1.54) is 36.8 Å². The van der Waals surface area contributed by atoms with Gasteiger partial charge in [-0.15, -0.1) is 0 Å². The van der Waals surface area contributed by atoms with Gasteiger partial charge in [-0.25, -0.2) is 0 Å². The fourth-order valence-corrected chi connectivity index (χ4v) is 12.0. The Bertz CT molecular complexity index is 1570. The Balaban J connectivity index is 1.80. The molecule has 2 fully saturated rings. The van der Waals surface area contributed by atoms with Crippen LogP contribution in [0.4, 0.5) is 0 Å². The van der Waals surface area contributed by atoms with Gasteiger partial charge >= 0.3 is 0 Å². The molecule has 230 valence electrons. The predicted molar refractivity (Wildman–Crippen MR) is 188 cm³/mol. The van der Waals surface area contributed by atoms with E-state index < -0.39 is 0 Å². The molecule has 2 aromatic rings. The third-order valence-electron chi connectivity index (χ3n) is 14.1. The van der Waals surface area contributed by atoms with Crippen LogP contribution in [-0.4, -0.2) is 0 Å². The minimum Gasteiger partial charge on any atom is -0.0989 e. The van der Waals surface area contributed by atoms with Crippen LogP contribution in [0.5, 0.6) is 0 Å². The van der Waals surface area contributed by atoms with E-state index in [1.54, 1.807) is 49.7 Å². The summed E-state index contributed by atoms with van der Waals surface area (Å²) in [6, 6.07) is 10.4. The molecule has 0 nitrogen and oxygen atoms in total. The fourth-order valence-electron chi connectivity index (χ4n) is 12.0. The van der Waals surface area contributed by atoms with Gasteiger partial charge in [0.25, 0.3) is 0 Å². The van der Waals surface area contributed by atoms with Crippen LogP contribution < -0.4 is 0 Å². The first kappa shape index (κ1) is 30.7. The third-order valence-corrected chi connectivity index (χ3v) is 14.1. The summed E-state index contributed by atoms with van der Waals surface area (Å²) in [5, 5.41) is 3.18. The number of allylic oxidation sites excluding steroid dienone is 6. The molecule has 6 rings (SSSR count). The molecule has 2 aromatic carbocycles. The molecule has 0 heterocycles. The average molecular weight is 575 g/mol. The molecule has 6 unspecified atom stereocenters. The first-order valence-electron chi connectivity index (χ1n) is 18.0. The molecule has 6 atom stereocenters. The Morgan fingerprint density at radius 2 is 1.28 bits per heavy atom. The Kier molecular flexibility index (Phi) is 7.39. The molecular weight excluding hydrogens is 516 g/mol. The van der Waals surface area contributed by atoms with Crippen LogP contribution in [0.25, 0.3) is 10.8 Å². The molecule has 0 aromatic heterocycles. The normalized spacial score (nSPS) is 36.4. The smallest absolute Gasteiger partial charge is 0.0302 e. The van der Waals surface area contributed by atoms with Crippen molar-refractivity contribution in [1.29, 1.82) is 0 Å². The number of hydrogen-bond acceptors (Lipinski definition) is 0. The molecule has 0 amide bonds. The van der Waals surface area contributed by atoms with Crippen molar-refractivity contribution in [2.24, 2.45) is 11.8 Å². The lowest BCUT2D eigenvalue weighted by Crippen LogP contribution is -2.53. The molecule has 0 heteroatoms. The molecule has 0 N–H and O–H groups in total. The van der Waals surface area contributed by atoms with E-state index >= 15 is 0 Å². The van der Waals surface area contributed by atoms with Crippen LogP contribution in [0.3, 0.4) is 0 Å². The van der Waals surface area contributed by atoms with Crippen LogP contribution in [0.2, 0.25) is 0 Å². The predicted octanol–water partition coefficient (Wildman–Crippen LogP) is 12.5. The zero-order chi connectivity index (χ0) is 31.1. The van der Waals surface area contributed by atoms with E-state index in [1.807, 2.05) is 0 Å². The second-order valence-electron chi connectivity index (χ2n) is 14.8. The highest BCUT2D eigenvalue weighted by Gasteiger charge is 2.66. The second-order valence-corrected chi connectivity index (χ2v) is 14.8. The summed E-state index contributed by atoms with van der Waals surface area (Å²) < 4.78 is 0. The van der Waals surface area contributed by atoms with Gasteiger partial charge in [0.15, 0.2) is 0 Å². The van der Waals surface area contributed by atoms with Crippen molar-refractivity contribution in [2.75, 3.05) is 0 Å². The zero-order valence-corrected chi connectivity index (χ0v) is 29.0. The molecule has 0 spiro atoms. The molecule has 4 aliphatic rings. The van der Waals surface area contributed by atoms with Crippen molar-refractivity contribution in [3.63, 3.8) is 0 Å². The lowest BCUT2D eigenvalue weighted by Gasteiger charge is -2.57. The van der Waals surface area contributed by atoms with Crippen LogP contribution in [-0.2, 0) is 21.7 Å². The SMILES string of the molecule is C=C1CC(CC)C(=CCCC)C2(C)c3ccc4c5c(ccc(c35)C12CC)C1(CC)C(=C)C(CC)CC(=C(C)CC)C41CC. The van der Waals surface area contributed by atoms with Gasteiger partial charge in [-0.05, 0) is 110 Å². The topological polar surface area (TPSA) is 0 Å². The first-order chi connectivity index (χ1) is 20.6. The van der Waals surface area contributed by atoms with Gasteiger partial charge in [0.2, 0.25) is 0 Å². The van der Waals surface area contributed by atoms with Crippen molar-refractivity contribution < 1.29 is 0 Å². The lowest BCUT2D eigenvalue weighted by atomic mass is 9.46. The van der Waals surface area contributed by atoms with E-state index in [0.717, 1.165) is 38.5 Å². The van der Waals surface area contributed by atoms with E-state index in [2.05, 4.69) is 92.7 Å². The van der Waals surface area contributed by atoms with E-state index in [9.17, 15) is 0 Å². The maximum Gasteiger partial charge on any atom is 0.0302 e. The highest BCUT2D eigenvalue weighted by molar-refractivity contribution is 6.04. The lowest BCUT2D eigenvalue weighted by molar-refractivity contribution is 0.221. The van der Waals surface area contributed by atoms with Crippen molar-refractivity contribution in [1.82, 2.24) is 0 Å². The summed E-state index contributed by atoms with van der Waals surface area (Å²) in [6.45, 7) is 31.9. The molecule has 0 radical (unpaired) electrons. The van der Waals surface area contributed by atoms with Gasteiger partial charge in [-0.2, -0.15) is 0 Å². The molecule has 2 saturated carbocycles. The highest BCUT2D eigenvalue weighted by atomic mass is 14.7.